The Hall–Kier alpha value is -1.42. The van der Waals surface area contributed by atoms with E-state index < -0.39 is 0 Å². The fourth-order valence-electron chi connectivity index (χ4n) is 5.67. The second kappa shape index (κ2) is 11.1. The number of nitrogens with zero attached hydrogens (tertiary/aromatic N) is 1. The van der Waals surface area contributed by atoms with Crippen LogP contribution in [0.2, 0.25) is 0 Å². The van der Waals surface area contributed by atoms with E-state index in [1.807, 2.05) is 0 Å². The molecule has 36 heavy (non-hydrogen) atoms. The van der Waals surface area contributed by atoms with Crippen molar-refractivity contribution in [1.82, 2.24) is 4.90 Å². The average Bonchev–Trinajstić information content (AvgIpc) is 3.68. The lowest BCUT2D eigenvalue weighted by Crippen LogP contribution is -2.36. The molecule has 5 aliphatic heterocycles. The van der Waals surface area contributed by atoms with Crippen LogP contribution in [0.15, 0.2) is 6.07 Å². The fourth-order valence-corrected chi connectivity index (χ4v) is 5.67. The van der Waals surface area contributed by atoms with Crippen LogP contribution in [0.3, 0.4) is 0 Å². The van der Waals surface area contributed by atoms with Crippen LogP contribution in [0, 0.1) is 5.92 Å². The van der Waals surface area contributed by atoms with E-state index in [1.165, 1.54) is 38.6 Å². The zero-order valence-corrected chi connectivity index (χ0v) is 21.4. The summed E-state index contributed by atoms with van der Waals surface area (Å²) in [6.07, 6.45) is 11.5. The third kappa shape index (κ3) is 7.55. The lowest BCUT2D eigenvalue weighted by Gasteiger charge is -2.29. The Kier molecular flexibility index (Phi) is 7.70. The van der Waals surface area contributed by atoms with Crippen molar-refractivity contribution in [2.45, 2.75) is 81.9 Å². The first-order valence-electron chi connectivity index (χ1n) is 14.0. The summed E-state index contributed by atoms with van der Waals surface area (Å²) in [7, 11) is 0. The molecule has 1 saturated carbocycles. The lowest BCUT2D eigenvalue weighted by atomic mass is 9.89. The number of nitrogen functional groups attached to an aromatic ring is 1. The van der Waals surface area contributed by atoms with Gasteiger partial charge in [0.2, 0.25) is 0 Å². The lowest BCUT2D eigenvalue weighted by molar-refractivity contribution is 0.172. The number of epoxide rings is 5. The van der Waals surface area contributed by atoms with Gasteiger partial charge in [0, 0.05) is 56.2 Å². The molecule has 0 radical (unpaired) electrons. The van der Waals surface area contributed by atoms with Gasteiger partial charge in [-0.3, -0.25) is 4.90 Å². The molecule has 0 spiro atoms. The maximum absolute atomic E-state index is 10.2. The van der Waals surface area contributed by atoms with Crippen LogP contribution in [0.4, 0.5) is 5.69 Å². The molecule has 1 aromatic carbocycles. The van der Waals surface area contributed by atoms with E-state index in [0.717, 1.165) is 88.0 Å². The normalized spacial score (nSPS) is 32.1. The van der Waals surface area contributed by atoms with E-state index in [4.69, 9.17) is 29.4 Å². The number of hydrogen-bond donors (Lipinski definition) is 2. The maximum atomic E-state index is 10.2. The first-order valence-corrected chi connectivity index (χ1v) is 14.0. The molecule has 200 valence electrons. The van der Waals surface area contributed by atoms with Gasteiger partial charge in [0.1, 0.15) is 5.75 Å². The minimum Gasteiger partial charge on any atom is -0.508 e. The van der Waals surface area contributed by atoms with Crippen molar-refractivity contribution in [2.75, 3.05) is 58.4 Å². The summed E-state index contributed by atoms with van der Waals surface area (Å²) >= 11 is 0. The highest BCUT2D eigenvalue weighted by Gasteiger charge is 2.34. The number of phenolic OH excluding ortho intramolecular Hbond substituents is 1. The highest BCUT2D eigenvalue weighted by atomic mass is 16.6. The summed E-state index contributed by atoms with van der Waals surface area (Å²) in [6.45, 7) is 7.89. The predicted octanol–water partition coefficient (Wildman–Crippen LogP) is 2.46. The van der Waals surface area contributed by atoms with Gasteiger partial charge in [0.05, 0.1) is 63.6 Å². The zero-order valence-electron chi connectivity index (χ0n) is 21.4. The van der Waals surface area contributed by atoms with Crippen molar-refractivity contribution in [3.05, 3.63) is 22.8 Å². The van der Waals surface area contributed by atoms with Gasteiger partial charge in [-0.1, -0.05) is 19.3 Å². The first kappa shape index (κ1) is 24.9. The minimum absolute atomic E-state index is 0.244. The molecule has 5 heterocycles. The molecule has 3 N–H and O–H groups in total. The number of benzene rings is 1. The van der Waals surface area contributed by atoms with Crippen molar-refractivity contribution in [3.63, 3.8) is 0 Å². The zero-order chi connectivity index (χ0) is 24.5. The maximum Gasteiger partial charge on any atom is 0.121 e. The van der Waals surface area contributed by atoms with E-state index in [2.05, 4.69) is 4.90 Å². The SMILES string of the molecule is C1CCC(CN(CC2CO2)CC2CO2)CC1.Nc1cc(O)c(CC2CO2)c(CC2CO2)c1CC1CO1. The summed E-state index contributed by atoms with van der Waals surface area (Å²) in [6, 6.07) is 1.67. The molecule has 8 nitrogen and oxygen atoms in total. The number of ether oxygens (including phenoxy) is 5. The Balaban J connectivity index is 0.000000137. The van der Waals surface area contributed by atoms with Crippen molar-refractivity contribution < 1.29 is 28.8 Å². The number of hydrogen-bond acceptors (Lipinski definition) is 8. The number of phenols is 1. The Morgan fingerprint density at radius 3 is 1.64 bits per heavy atom. The van der Waals surface area contributed by atoms with E-state index in [0.29, 0.717) is 17.9 Å². The first-order chi connectivity index (χ1) is 17.6. The van der Waals surface area contributed by atoms with E-state index in [-0.39, 0.29) is 24.1 Å². The minimum atomic E-state index is 0.244. The molecule has 7 rings (SSSR count). The van der Waals surface area contributed by atoms with Gasteiger partial charge in [0.25, 0.3) is 0 Å². The molecule has 6 fully saturated rings. The van der Waals surface area contributed by atoms with Crippen LogP contribution in [0.25, 0.3) is 0 Å². The second-order valence-corrected chi connectivity index (χ2v) is 11.5. The third-order valence-corrected chi connectivity index (χ3v) is 8.15. The number of nitrogens with two attached hydrogens (primary N) is 1. The van der Waals surface area contributed by atoms with E-state index >= 15 is 0 Å². The second-order valence-electron chi connectivity index (χ2n) is 11.5. The van der Waals surface area contributed by atoms with Crippen molar-refractivity contribution in [2.24, 2.45) is 5.92 Å². The van der Waals surface area contributed by atoms with Gasteiger partial charge in [0.15, 0.2) is 0 Å². The average molecular weight is 503 g/mol. The standard InChI is InChI=1S/C15H19NO4.C13H23NO2/c16-14-4-15(17)13(3-10-7-20-10)11(1-8-5-18-8)12(14)2-9-6-19-9;1-2-4-11(5-3-1)6-14(7-12-9-15-12)8-13-10-16-13/h4,8-10,17H,1-3,5-7,16H2;11-13H,1-10H2. The van der Waals surface area contributed by atoms with Crippen LogP contribution in [0.5, 0.6) is 5.75 Å². The molecule has 8 heteroatoms. The van der Waals surface area contributed by atoms with Crippen molar-refractivity contribution in [3.8, 4) is 5.75 Å². The number of anilines is 1. The summed E-state index contributed by atoms with van der Waals surface area (Å²) in [5, 5.41) is 10.2. The Labute approximate surface area is 214 Å². The molecule has 5 atom stereocenters. The Morgan fingerprint density at radius 2 is 1.14 bits per heavy atom. The molecule has 0 aromatic heterocycles. The van der Waals surface area contributed by atoms with Crippen molar-refractivity contribution >= 4 is 5.69 Å². The molecular formula is C28H42N2O6. The van der Waals surface area contributed by atoms with Crippen LogP contribution in [-0.2, 0) is 42.9 Å². The molecule has 6 aliphatic rings. The molecular weight excluding hydrogens is 460 g/mol. The van der Waals surface area contributed by atoms with E-state index in [9.17, 15) is 5.11 Å². The van der Waals surface area contributed by atoms with E-state index in [1.54, 1.807) is 6.07 Å². The fraction of sp³-hybridized carbons (Fsp3) is 0.786. The van der Waals surface area contributed by atoms with Gasteiger partial charge >= 0.3 is 0 Å². The van der Waals surface area contributed by atoms with Crippen LogP contribution >= 0.6 is 0 Å². The Bertz CT molecular complexity index is 834. The van der Waals surface area contributed by atoms with Crippen molar-refractivity contribution in [1.29, 1.82) is 0 Å². The molecule has 1 aliphatic carbocycles. The molecule has 0 bridgehead atoms. The monoisotopic (exact) mass is 502 g/mol. The predicted molar refractivity (Wildman–Crippen MR) is 135 cm³/mol. The van der Waals surface area contributed by atoms with Crippen LogP contribution in [-0.4, -0.2) is 93.2 Å². The molecule has 1 aromatic rings. The topological polar surface area (TPSA) is 112 Å². The smallest absolute Gasteiger partial charge is 0.121 e. The number of aromatic hydroxyl groups is 1. The van der Waals surface area contributed by atoms with Crippen LogP contribution in [0.1, 0.15) is 48.8 Å². The molecule has 0 amide bonds. The van der Waals surface area contributed by atoms with Gasteiger partial charge in [-0.25, -0.2) is 0 Å². The summed E-state index contributed by atoms with van der Waals surface area (Å²) < 4.78 is 26.7. The quantitative estimate of drug-likeness (QED) is 0.331. The summed E-state index contributed by atoms with van der Waals surface area (Å²) in [5.74, 6) is 1.22. The summed E-state index contributed by atoms with van der Waals surface area (Å²) in [5.41, 5.74) is 10.0. The third-order valence-electron chi connectivity index (χ3n) is 8.15. The van der Waals surface area contributed by atoms with Gasteiger partial charge in [-0.05, 0) is 29.9 Å². The molecule has 5 saturated heterocycles. The van der Waals surface area contributed by atoms with Crippen LogP contribution < -0.4 is 5.73 Å². The highest BCUT2D eigenvalue weighted by molar-refractivity contribution is 5.60. The van der Waals surface area contributed by atoms with Gasteiger partial charge in [-0.15, -0.1) is 0 Å². The Morgan fingerprint density at radius 1 is 0.667 bits per heavy atom. The molecule has 5 unspecified atom stereocenters. The number of rotatable bonds is 12. The van der Waals surface area contributed by atoms with Gasteiger partial charge < -0.3 is 34.5 Å². The summed E-state index contributed by atoms with van der Waals surface area (Å²) in [4.78, 5) is 2.59. The van der Waals surface area contributed by atoms with Gasteiger partial charge in [-0.2, -0.15) is 0 Å². The largest absolute Gasteiger partial charge is 0.508 e. The highest BCUT2D eigenvalue weighted by Crippen LogP contribution is 2.37.